The number of carbonyl (C=O) groups is 1. The molecular formula is C22H16ClFN6O. The summed E-state index contributed by atoms with van der Waals surface area (Å²) in [6.45, 7) is 1.88. The highest BCUT2D eigenvalue weighted by atomic mass is 35.5. The van der Waals surface area contributed by atoms with Crippen LogP contribution in [0.2, 0.25) is 5.02 Å². The maximum atomic E-state index is 13.3. The third-order valence-corrected chi connectivity index (χ3v) is 5.50. The Morgan fingerprint density at radius 3 is 2.61 bits per heavy atom. The smallest absolute Gasteiger partial charge is 0.272 e. The number of amides is 1. The zero-order valence-electron chi connectivity index (χ0n) is 16.4. The minimum absolute atomic E-state index is 0.128. The van der Waals surface area contributed by atoms with Gasteiger partial charge in [0.05, 0.1) is 17.6 Å². The van der Waals surface area contributed by atoms with Gasteiger partial charge in [-0.1, -0.05) is 23.7 Å². The lowest BCUT2D eigenvalue weighted by Crippen LogP contribution is -2.25. The van der Waals surface area contributed by atoms with Crippen LogP contribution in [0.15, 0.2) is 54.7 Å². The summed E-state index contributed by atoms with van der Waals surface area (Å²) < 4.78 is 14.8. The Morgan fingerprint density at radius 2 is 1.87 bits per heavy atom. The number of carbonyl (C=O) groups excluding carboxylic acids is 1. The molecule has 2 aromatic heterocycles. The van der Waals surface area contributed by atoms with E-state index in [9.17, 15) is 9.18 Å². The van der Waals surface area contributed by atoms with E-state index in [0.29, 0.717) is 28.5 Å². The molecule has 1 aliphatic rings. The van der Waals surface area contributed by atoms with Crippen molar-refractivity contribution in [1.29, 1.82) is 0 Å². The number of nitrogens with one attached hydrogen (secondary N) is 1. The van der Waals surface area contributed by atoms with Crippen molar-refractivity contribution in [2.45, 2.75) is 19.3 Å². The van der Waals surface area contributed by atoms with Crippen molar-refractivity contribution in [1.82, 2.24) is 25.0 Å². The monoisotopic (exact) mass is 434 g/mol. The summed E-state index contributed by atoms with van der Waals surface area (Å²) in [6.07, 6.45) is 1.80. The molecule has 5 rings (SSSR count). The summed E-state index contributed by atoms with van der Waals surface area (Å²) in [7, 11) is 0. The van der Waals surface area contributed by atoms with E-state index in [1.807, 2.05) is 31.2 Å². The fraction of sp³-hybridized carbons (Fsp3) is 0.136. The van der Waals surface area contributed by atoms with Crippen molar-refractivity contribution >= 4 is 23.3 Å². The number of hydrogen-bond acceptors (Lipinski definition) is 5. The zero-order chi connectivity index (χ0) is 21.5. The molecule has 7 nitrogen and oxygen atoms in total. The Bertz CT molecular complexity index is 1290. The fourth-order valence-corrected chi connectivity index (χ4v) is 3.94. The Morgan fingerprint density at radius 1 is 1.13 bits per heavy atom. The van der Waals surface area contributed by atoms with Gasteiger partial charge in [-0.25, -0.2) is 9.37 Å². The first-order valence-corrected chi connectivity index (χ1v) is 9.98. The van der Waals surface area contributed by atoms with Crippen LogP contribution < -0.4 is 5.32 Å². The molecule has 0 saturated heterocycles. The lowest BCUT2D eigenvalue weighted by molar-refractivity contribution is -0.116. The second-order valence-electron chi connectivity index (χ2n) is 7.26. The Balaban J connectivity index is 1.60. The SMILES string of the molecule is Cc1nn(-c2nncc(-c3ccc(F)cc3)n2)c2c1[C@H](c1ccc(Cl)cc1)CC(=O)N2. The van der Waals surface area contributed by atoms with Crippen LogP contribution in [-0.4, -0.2) is 30.9 Å². The van der Waals surface area contributed by atoms with Crippen molar-refractivity contribution in [3.63, 3.8) is 0 Å². The largest absolute Gasteiger partial charge is 0.310 e. The maximum Gasteiger partial charge on any atom is 0.272 e. The van der Waals surface area contributed by atoms with Crippen molar-refractivity contribution in [3.05, 3.63) is 82.4 Å². The highest BCUT2D eigenvalue weighted by molar-refractivity contribution is 6.30. The van der Waals surface area contributed by atoms with E-state index in [-0.39, 0.29) is 23.6 Å². The number of aromatic nitrogens is 5. The summed E-state index contributed by atoms with van der Waals surface area (Å²) in [5.74, 6) is 0.105. The molecule has 0 saturated carbocycles. The van der Waals surface area contributed by atoms with E-state index < -0.39 is 0 Å². The van der Waals surface area contributed by atoms with Gasteiger partial charge in [0.15, 0.2) is 0 Å². The van der Waals surface area contributed by atoms with Crippen LogP contribution in [0.4, 0.5) is 10.2 Å². The summed E-state index contributed by atoms with van der Waals surface area (Å²) in [6, 6.07) is 13.4. The summed E-state index contributed by atoms with van der Waals surface area (Å²) in [5.41, 5.74) is 3.84. The quantitative estimate of drug-likeness (QED) is 0.519. The molecule has 1 N–H and O–H groups in total. The van der Waals surface area contributed by atoms with Gasteiger partial charge >= 0.3 is 0 Å². The molecule has 0 fully saturated rings. The molecule has 1 amide bonds. The molecule has 3 heterocycles. The van der Waals surface area contributed by atoms with Crippen molar-refractivity contribution in [2.75, 3.05) is 5.32 Å². The van der Waals surface area contributed by atoms with Gasteiger partial charge < -0.3 is 5.32 Å². The van der Waals surface area contributed by atoms with Gasteiger partial charge in [-0.05, 0) is 48.9 Å². The molecule has 2 aromatic carbocycles. The topological polar surface area (TPSA) is 85.6 Å². The Kier molecular flexibility index (Phi) is 4.71. The second kappa shape index (κ2) is 7.55. The predicted molar refractivity (Wildman–Crippen MR) is 114 cm³/mol. The number of nitrogens with zero attached hydrogens (tertiary/aromatic N) is 5. The molecule has 0 bridgehead atoms. The van der Waals surface area contributed by atoms with E-state index in [2.05, 4.69) is 25.6 Å². The standard InChI is InChI=1S/C22H16ClFN6O/c1-12-20-17(13-2-6-15(23)7-3-13)10-19(31)27-21(20)30(29-12)22-26-18(11-25-28-22)14-4-8-16(24)9-5-14/h2-9,11,17H,10H2,1H3,(H,27,31)/t17-/m0/s1. The van der Waals surface area contributed by atoms with Crippen LogP contribution in [0, 0.1) is 12.7 Å². The average molecular weight is 435 g/mol. The number of fused-ring (bicyclic) bond motifs is 1. The van der Waals surface area contributed by atoms with E-state index in [0.717, 1.165) is 16.8 Å². The average Bonchev–Trinajstić information content (AvgIpc) is 3.10. The maximum absolute atomic E-state index is 13.3. The number of anilines is 1. The van der Waals surface area contributed by atoms with E-state index in [1.165, 1.54) is 23.0 Å². The first kappa shape index (κ1) is 19.3. The highest BCUT2D eigenvalue weighted by Gasteiger charge is 2.33. The lowest BCUT2D eigenvalue weighted by atomic mass is 9.86. The molecule has 0 unspecified atom stereocenters. The van der Waals surface area contributed by atoms with E-state index >= 15 is 0 Å². The number of halogens is 2. The van der Waals surface area contributed by atoms with Gasteiger partial charge in [0, 0.05) is 28.5 Å². The van der Waals surface area contributed by atoms with Crippen LogP contribution in [0.5, 0.6) is 0 Å². The molecule has 0 aliphatic carbocycles. The Hall–Kier alpha value is -3.65. The van der Waals surface area contributed by atoms with Crippen LogP contribution in [0.25, 0.3) is 17.2 Å². The minimum Gasteiger partial charge on any atom is -0.310 e. The van der Waals surface area contributed by atoms with Crippen LogP contribution in [0.3, 0.4) is 0 Å². The van der Waals surface area contributed by atoms with Gasteiger partial charge in [-0.2, -0.15) is 14.9 Å². The van der Waals surface area contributed by atoms with Crippen LogP contribution in [-0.2, 0) is 4.79 Å². The van der Waals surface area contributed by atoms with Gasteiger partial charge in [0.2, 0.25) is 5.91 Å². The molecule has 154 valence electrons. The normalized spacial score (nSPS) is 15.5. The fourth-order valence-electron chi connectivity index (χ4n) is 3.82. The van der Waals surface area contributed by atoms with Crippen molar-refractivity contribution < 1.29 is 9.18 Å². The van der Waals surface area contributed by atoms with Crippen molar-refractivity contribution in [2.24, 2.45) is 0 Å². The first-order chi connectivity index (χ1) is 15.0. The summed E-state index contributed by atoms with van der Waals surface area (Å²) >= 11 is 6.03. The summed E-state index contributed by atoms with van der Waals surface area (Å²) in [5, 5.41) is 16.3. The molecule has 9 heteroatoms. The third-order valence-electron chi connectivity index (χ3n) is 5.25. The number of rotatable bonds is 3. The molecular weight excluding hydrogens is 419 g/mol. The minimum atomic E-state index is -0.335. The lowest BCUT2D eigenvalue weighted by Gasteiger charge is -2.24. The number of aryl methyl sites for hydroxylation is 1. The molecule has 0 spiro atoms. The zero-order valence-corrected chi connectivity index (χ0v) is 17.1. The van der Waals surface area contributed by atoms with Crippen LogP contribution >= 0.6 is 11.6 Å². The Labute approximate surface area is 181 Å². The molecule has 31 heavy (non-hydrogen) atoms. The molecule has 1 aliphatic heterocycles. The number of hydrogen-bond donors (Lipinski definition) is 1. The van der Waals surface area contributed by atoms with Crippen LogP contribution in [0.1, 0.15) is 29.2 Å². The number of benzene rings is 2. The van der Waals surface area contributed by atoms with Crippen molar-refractivity contribution in [3.8, 4) is 17.2 Å². The third kappa shape index (κ3) is 3.55. The van der Waals surface area contributed by atoms with Gasteiger partial charge in [0.1, 0.15) is 11.6 Å². The van der Waals surface area contributed by atoms with Gasteiger partial charge in [-0.3, -0.25) is 4.79 Å². The molecule has 4 aromatic rings. The summed E-state index contributed by atoms with van der Waals surface area (Å²) in [4.78, 5) is 17.1. The molecule has 1 atom stereocenters. The van der Waals surface area contributed by atoms with Gasteiger partial charge in [-0.15, -0.1) is 5.10 Å². The highest BCUT2D eigenvalue weighted by Crippen LogP contribution is 2.40. The second-order valence-corrected chi connectivity index (χ2v) is 7.70. The van der Waals surface area contributed by atoms with E-state index in [4.69, 9.17) is 11.6 Å². The first-order valence-electron chi connectivity index (χ1n) is 9.60. The molecule has 0 radical (unpaired) electrons. The van der Waals surface area contributed by atoms with Gasteiger partial charge in [0.25, 0.3) is 5.95 Å². The predicted octanol–water partition coefficient (Wildman–Crippen LogP) is 4.30. The van der Waals surface area contributed by atoms with E-state index in [1.54, 1.807) is 12.1 Å².